The summed E-state index contributed by atoms with van der Waals surface area (Å²) >= 11 is 0. The summed E-state index contributed by atoms with van der Waals surface area (Å²) in [5, 5.41) is 0.146. The Hall–Kier alpha value is -0.933. The summed E-state index contributed by atoms with van der Waals surface area (Å²) in [6.07, 6.45) is 0.337. The average Bonchev–Trinajstić information content (AvgIpc) is 2.26. The fourth-order valence-electron chi connectivity index (χ4n) is 1.80. The van der Waals surface area contributed by atoms with Crippen molar-refractivity contribution >= 4 is 14.1 Å². The molecule has 3 heteroatoms. The van der Waals surface area contributed by atoms with Crippen LogP contribution in [0.2, 0.25) is 18.1 Å². The molecule has 0 saturated carbocycles. The molecule has 1 atom stereocenters. The van der Waals surface area contributed by atoms with E-state index in [9.17, 15) is 4.79 Å². The molecule has 0 fully saturated rings. The maximum atomic E-state index is 11.6. The summed E-state index contributed by atoms with van der Waals surface area (Å²) in [5.41, 5.74) is 2.33. The lowest BCUT2D eigenvalue weighted by Crippen LogP contribution is -2.42. The Kier molecular flexibility index (Phi) is 5.33. The van der Waals surface area contributed by atoms with Gasteiger partial charge in [0.25, 0.3) is 0 Å². The second-order valence-electron chi connectivity index (χ2n) is 7.18. The molecule has 1 aromatic rings. The van der Waals surface area contributed by atoms with Crippen LogP contribution in [0.3, 0.4) is 0 Å². The summed E-state index contributed by atoms with van der Waals surface area (Å²) in [7, 11) is -1.88. The molecule has 1 rings (SSSR count). The first-order valence-corrected chi connectivity index (χ1v) is 10.2. The predicted molar refractivity (Wildman–Crippen MR) is 87.5 cm³/mol. The van der Waals surface area contributed by atoms with E-state index in [4.69, 9.17) is 4.43 Å². The molecule has 112 valence electrons. The van der Waals surface area contributed by atoms with E-state index in [0.717, 1.165) is 5.56 Å². The van der Waals surface area contributed by atoms with Gasteiger partial charge in [0.2, 0.25) is 0 Å². The number of ketones is 1. The highest BCUT2D eigenvalue weighted by atomic mass is 28.4. The second-order valence-corrected chi connectivity index (χ2v) is 11.9. The van der Waals surface area contributed by atoms with Crippen molar-refractivity contribution in [2.45, 2.75) is 65.3 Å². The van der Waals surface area contributed by atoms with E-state index in [1.165, 1.54) is 5.56 Å². The summed E-state index contributed by atoms with van der Waals surface area (Å²) in [6, 6.07) is 8.32. The molecule has 0 aromatic heterocycles. The van der Waals surface area contributed by atoms with Crippen LogP contribution in [0.15, 0.2) is 24.3 Å². The van der Waals surface area contributed by atoms with Gasteiger partial charge in [0.15, 0.2) is 8.32 Å². The Morgan fingerprint density at radius 1 is 1.20 bits per heavy atom. The van der Waals surface area contributed by atoms with Gasteiger partial charge in [-0.25, -0.2) is 0 Å². The molecule has 0 heterocycles. The van der Waals surface area contributed by atoms with Crippen LogP contribution in [0.5, 0.6) is 0 Å². The van der Waals surface area contributed by atoms with Crippen LogP contribution in [0, 0.1) is 6.92 Å². The number of Topliss-reactive ketones (excluding diaryl/α,β-unsaturated/α-hetero) is 1. The normalized spacial score (nSPS) is 14.2. The first-order chi connectivity index (χ1) is 9.03. The average molecular weight is 292 g/mol. The Morgan fingerprint density at radius 3 is 2.10 bits per heavy atom. The monoisotopic (exact) mass is 292 g/mol. The SMILES string of the molecule is CC(=O)CC(O[Si](C)(C)C(C)(C)C)c1ccc(C)cc1. The van der Waals surface area contributed by atoms with Gasteiger partial charge in [-0.15, -0.1) is 0 Å². The van der Waals surface area contributed by atoms with E-state index in [1.807, 2.05) is 0 Å². The molecular weight excluding hydrogens is 264 g/mol. The van der Waals surface area contributed by atoms with E-state index in [0.29, 0.717) is 6.42 Å². The summed E-state index contributed by atoms with van der Waals surface area (Å²) in [4.78, 5) is 11.6. The van der Waals surface area contributed by atoms with Crippen molar-refractivity contribution in [1.82, 2.24) is 0 Å². The van der Waals surface area contributed by atoms with Crippen molar-refractivity contribution in [3.63, 3.8) is 0 Å². The van der Waals surface area contributed by atoms with E-state index < -0.39 is 8.32 Å². The minimum Gasteiger partial charge on any atom is -0.409 e. The molecule has 2 nitrogen and oxygen atoms in total. The van der Waals surface area contributed by atoms with Gasteiger partial charge in [-0.05, 0) is 37.5 Å². The van der Waals surface area contributed by atoms with Gasteiger partial charge in [-0.2, -0.15) is 0 Å². The Bertz CT molecular complexity index is 455. The molecule has 0 bridgehead atoms. The minimum atomic E-state index is -1.88. The van der Waals surface area contributed by atoms with Crippen LogP contribution in [0.25, 0.3) is 0 Å². The molecule has 0 amide bonds. The highest BCUT2D eigenvalue weighted by Crippen LogP contribution is 2.40. The Balaban J connectivity index is 3.02. The van der Waals surface area contributed by atoms with Crippen LogP contribution in [-0.4, -0.2) is 14.1 Å². The highest BCUT2D eigenvalue weighted by Gasteiger charge is 2.39. The third-order valence-electron chi connectivity index (χ3n) is 4.17. The smallest absolute Gasteiger partial charge is 0.192 e. The number of rotatable bonds is 5. The van der Waals surface area contributed by atoms with Crippen LogP contribution in [0.4, 0.5) is 0 Å². The number of carbonyl (C=O) groups excluding carboxylic acids is 1. The molecule has 1 aromatic carbocycles. The number of hydrogen-bond donors (Lipinski definition) is 0. The number of carbonyl (C=O) groups is 1. The first kappa shape index (κ1) is 17.1. The summed E-state index contributed by atoms with van der Waals surface area (Å²) < 4.78 is 6.46. The summed E-state index contributed by atoms with van der Waals surface area (Å²) in [5.74, 6) is 0.175. The lowest BCUT2D eigenvalue weighted by Gasteiger charge is -2.39. The van der Waals surface area contributed by atoms with Gasteiger partial charge in [0, 0.05) is 6.42 Å². The lowest BCUT2D eigenvalue weighted by molar-refractivity contribution is -0.118. The molecule has 0 aliphatic rings. The van der Waals surface area contributed by atoms with Crippen molar-refractivity contribution in [2.75, 3.05) is 0 Å². The van der Waals surface area contributed by atoms with Crippen LogP contribution in [0.1, 0.15) is 51.3 Å². The maximum absolute atomic E-state index is 11.6. The number of aryl methyl sites for hydroxylation is 1. The molecule has 0 saturated heterocycles. The second kappa shape index (κ2) is 6.23. The van der Waals surface area contributed by atoms with E-state index >= 15 is 0 Å². The maximum Gasteiger partial charge on any atom is 0.192 e. The van der Waals surface area contributed by atoms with Crippen molar-refractivity contribution in [1.29, 1.82) is 0 Å². The lowest BCUT2D eigenvalue weighted by atomic mass is 10.0. The zero-order chi connectivity index (χ0) is 15.6. The van der Waals surface area contributed by atoms with Crippen molar-refractivity contribution in [3.8, 4) is 0 Å². The van der Waals surface area contributed by atoms with Crippen molar-refractivity contribution in [3.05, 3.63) is 35.4 Å². The largest absolute Gasteiger partial charge is 0.409 e. The molecule has 0 aliphatic carbocycles. The number of benzene rings is 1. The fourth-order valence-corrected chi connectivity index (χ4v) is 3.09. The quantitative estimate of drug-likeness (QED) is 0.711. The number of hydrogen-bond acceptors (Lipinski definition) is 2. The van der Waals surface area contributed by atoms with E-state index in [1.54, 1.807) is 6.92 Å². The van der Waals surface area contributed by atoms with E-state index in [2.05, 4.69) is 65.1 Å². The molecule has 20 heavy (non-hydrogen) atoms. The van der Waals surface area contributed by atoms with Crippen molar-refractivity contribution in [2.24, 2.45) is 0 Å². The Labute approximate surface area is 124 Å². The Morgan fingerprint density at radius 2 is 1.70 bits per heavy atom. The van der Waals surface area contributed by atoms with Gasteiger partial charge in [0.1, 0.15) is 5.78 Å². The predicted octanol–water partition coefficient (Wildman–Crippen LogP) is 5.04. The van der Waals surface area contributed by atoms with Gasteiger partial charge in [-0.1, -0.05) is 50.6 Å². The molecule has 0 aliphatic heterocycles. The molecule has 0 spiro atoms. The van der Waals surface area contributed by atoms with Gasteiger partial charge in [-0.3, -0.25) is 4.79 Å². The van der Waals surface area contributed by atoms with E-state index in [-0.39, 0.29) is 16.9 Å². The fraction of sp³-hybridized carbons (Fsp3) is 0.588. The summed E-state index contributed by atoms with van der Waals surface area (Å²) in [6.45, 7) is 14.8. The standard InChI is InChI=1S/C17H28O2Si/c1-13-8-10-15(11-9-13)16(12-14(2)18)19-20(6,7)17(3,4)5/h8-11,16H,12H2,1-7H3. The zero-order valence-corrected chi connectivity index (χ0v) is 14.9. The molecular formula is C17H28O2Si. The third kappa shape index (κ3) is 4.56. The highest BCUT2D eigenvalue weighted by molar-refractivity contribution is 6.74. The first-order valence-electron chi connectivity index (χ1n) is 7.27. The van der Waals surface area contributed by atoms with Crippen molar-refractivity contribution < 1.29 is 9.22 Å². The van der Waals surface area contributed by atoms with Gasteiger partial charge >= 0.3 is 0 Å². The molecule has 0 radical (unpaired) electrons. The zero-order valence-electron chi connectivity index (χ0n) is 13.9. The minimum absolute atomic E-state index is 0.117. The van der Waals surface area contributed by atoms with Gasteiger partial charge < -0.3 is 4.43 Å². The third-order valence-corrected chi connectivity index (χ3v) is 8.65. The topological polar surface area (TPSA) is 26.3 Å². The van der Waals surface area contributed by atoms with Crippen LogP contribution >= 0.6 is 0 Å². The van der Waals surface area contributed by atoms with Gasteiger partial charge in [0.05, 0.1) is 6.10 Å². The van der Waals surface area contributed by atoms with Crippen LogP contribution in [-0.2, 0) is 9.22 Å². The molecule has 1 unspecified atom stereocenters. The van der Waals surface area contributed by atoms with Crippen LogP contribution < -0.4 is 0 Å². The molecule has 0 N–H and O–H groups in total.